The molecule has 0 aliphatic rings. The fourth-order valence-corrected chi connectivity index (χ4v) is 4.00. The topological polar surface area (TPSA) is 71.7 Å². The van der Waals surface area contributed by atoms with E-state index < -0.39 is 0 Å². The van der Waals surface area contributed by atoms with Crippen molar-refractivity contribution < 1.29 is 14.6 Å². The Morgan fingerprint density at radius 1 is 1.10 bits per heavy atom. The van der Waals surface area contributed by atoms with Crippen molar-refractivity contribution >= 4 is 23.1 Å². The lowest BCUT2D eigenvalue weighted by Gasteiger charge is -2.14. The highest BCUT2D eigenvalue weighted by atomic mass is 32.1. The quantitative estimate of drug-likeness (QED) is 0.489. The second-order valence-electron chi connectivity index (χ2n) is 6.83. The van der Waals surface area contributed by atoms with Crippen LogP contribution in [0, 0.1) is 6.92 Å². The fourth-order valence-electron chi connectivity index (χ4n) is 3.15. The molecule has 4 aromatic rings. The first-order valence-corrected chi connectivity index (χ1v) is 10.3. The number of hydrogen-bond donors (Lipinski definition) is 2. The van der Waals surface area contributed by atoms with Gasteiger partial charge in [-0.05, 0) is 18.4 Å². The Balaban J connectivity index is 1.40. The third kappa shape index (κ3) is 4.80. The number of carbonyl (C=O) groups excluding carboxylic acids is 1. The van der Waals surface area contributed by atoms with Gasteiger partial charge in [0.1, 0.15) is 11.7 Å². The van der Waals surface area contributed by atoms with Crippen LogP contribution in [0.5, 0.6) is 0 Å². The number of thiophene rings is 1. The average molecular weight is 405 g/mol. The highest BCUT2D eigenvalue weighted by Gasteiger charge is 2.20. The van der Waals surface area contributed by atoms with E-state index in [0.29, 0.717) is 11.6 Å². The lowest BCUT2D eigenvalue weighted by atomic mass is 10.1. The van der Waals surface area contributed by atoms with Crippen LogP contribution in [0.1, 0.15) is 22.0 Å². The fraction of sp³-hybridized carbons (Fsp3) is 0.130. The molecule has 0 unspecified atom stereocenters. The van der Waals surface area contributed by atoms with Crippen LogP contribution in [-0.2, 0) is 4.79 Å². The number of hydrogen-bond acceptors (Lipinski definition) is 4. The smallest absolute Gasteiger partial charge is 0.281 e. The Kier molecular flexibility index (Phi) is 5.84. The number of quaternary nitrogens is 1. The molecule has 0 saturated carbocycles. The van der Waals surface area contributed by atoms with Crippen LogP contribution >= 0.6 is 11.3 Å². The standard InChI is InChI=1S/C23H21N3O2S/c1-16-9-11-17(12-10-16)19-14-22(28-26-19)25-21(27)15-24-23(20-8-5-13-29-20)18-6-3-2-4-7-18/h2-14,23-24H,15H2,1H3,(H,25,27)/p+1/t23-/m0/s1. The molecule has 1 amide bonds. The van der Waals surface area contributed by atoms with Gasteiger partial charge in [-0.3, -0.25) is 10.1 Å². The molecule has 2 aromatic carbocycles. The molecule has 29 heavy (non-hydrogen) atoms. The first-order valence-electron chi connectivity index (χ1n) is 9.44. The van der Waals surface area contributed by atoms with Gasteiger partial charge in [0.15, 0.2) is 6.54 Å². The van der Waals surface area contributed by atoms with Crippen molar-refractivity contribution in [3.8, 4) is 11.3 Å². The van der Waals surface area contributed by atoms with Crippen molar-refractivity contribution in [1.82, 2.24) is 5.16 Å². The molecule has 0 radical (unpaired) electrons. The Bertz CT molecular complexity index is 1060. The summed E-state index contributed by atoms with van der Waals surface area (Å²) in [5.41, 5.74) is 4.00. The zero-order valence-electron chi connectivity index (χ0n) is 16.0. The number of rotatable bonds is 7. The molecule has 1 atom stereocenters. The van der Waals surface area contributed by atoms with E-state index >= 15 is 0 Å². The summed E-state index contributed by atoms with van der Waals surface area (Å²) in [6, 6.07) is 24.2. The summed E-state index contributed by atoms with van der Waals surface area (Å²) in [6.07, 6.45) is 0. The maximum absolute atomic E-state index is 12.5. The number of aromatic nitrogens is 1. The van der Waals surface area contributed by atoms with E-state index in [2.05, 4.69) is 34.1 Å². The zero-order valence-corrected chi connectivity index (χ0v) is 16.9. The van der Waals surface area contributed by atoms with Gasteiger partial charge in [0.05, 0.1) is 4.88 Å². The first-order chi connectivity index (χ1) is 14.2. The third-order valence-corrected chi connectivity index (χ3v) is 5.62. The summed E-state index contributed by atoms with van der Waals surface area (Å²) >= 11 is 1.69. The number of nitrogens with zero attached hydrogens (tertiary/aromatic N) is 1. The van der Waals surface area contributed by atoms with Gasteiger partial charge in [0, 0.05) is 17.2 Å². The Morgan fingerprint density at radius 3 is 2.62 bits per heavy atom. The van der Waals surface area contributed by atoms with Crippen LogP contribution in [0.2, 0.25) is 0 Å². The largest absolute Gasteiger partial charge is 0.338 e. The predicted octanol–water partition coefficient (Wildman–Crippen LogP) is 4.00. The van der Waals surface area contributed by atoms with E-state index in [9.17, 15) is 4.79 Å². The van der Waals surface area contributed by atoms with E-state index in [1.807, 2.05) is 60.8 Å². The van der Waals surface area contributed by atoms with Crippen molar-refractivity contribution in [2.45, 2.75) is 13.0 Å². The molecule has 3 N–H and O–H groups in total. The molecule has 5 nitrogen and oxygen atoms in total. The number of benzene rings is 2. The summed E-state index contributed by atoms with van der Waals surface area (Å²) in [4.78, 5) is 13.7. The summed E-state index contributed by atoms with van der Waals surface area (Å²) in [7, 11) is 0. The summed E-state index contributed by atoms with van der Waals surface area (Å²) in [6.45, 7) is 2.31. The molecule has 0 spiro atoms. The molecule has 2 aromatic heterocycles. The van der Waals surface area contributed by atoms with Crippen LogP contribution in [0.3, 0.4) is 0 Å². The van der Waals surface area contributed by atoms with Crippen molar-refractivity contribution in [2.24, 2.45) is 0 Å². The number of anilines is 1. The monoisotopic (exact) mass is 404 g/mol. The molecule has 0 bridgehead atoms. The van der Waals surface area contributed by atoms with Gasteiger partial charge in [0.25, 0.3) is 5.91 Å². The molecular weight excluding hydrogens is 382 g/mol. The van der Waals surface area contributed by atoms with Gasteiger partial charge in [-0.2, -0.15) is 0 Å². The molecule has 0 saturated heterocycles. The Labute approximate surface area is 173 Å². The summed E-state index contributed by atoms with van der Waals surface area (Å²) in [5, 5.41) is 10.9. The normalized spacial score (nSPS) is 11.9. The lowest BCUT2D eigenvalue weighted by Crippen LogP contribution is -2.87. The molecular formula is C23H22N3O2S+. The van der Waals surface area contributed by atoms with Crippen molar-refractivity contribution in [3.05, 3.63) is 94.2 Å². The SMILES string of the molecule is Cc1ccc(-c2cc(NC(=O)C[NH2+][C@@H](c3ccccc3)c3cccs3)on2)cc1. The molecule has 0 aliphatic carbocycles. The third-order valence-electron chi connectivity index (χ3n) is 4.67. The highest BCUT2D eigenvalue weighted by Crippen LogP contribution is 2.23. The highest BCUT2D eigenvalue weighted by molar-refractivity contribution is 7.10. The van der Waals surface area contributed by atoms with Gasteiger partial charge >= 0.3 is 0 Å². The minimum atomic E-state index is -0.130. The Morgan fingerprint density at radius 2 is 1.90 bits per heavy atom. The maximum atomic E-state index is 12.5. The van der Waals surface area contributed by atoms with Crippen molar-refractivity contribution in [1.29, 1.82) is 0 Å². The lowest BCUT2D eigenvalue weighted by molar-refractivity contribution is -0.675. The number of nitrogens with one attached hydrogen (secondary N) is 1. The van der Waals surface area contributed by atoms with E-state index in [4.69, 9.17) is 4.52 Å². The van der Waals surface area contributed by atoms with Crippen LogP contribution in [0.4, 0.5) is 5.88 Å². The molecule has 4 rings (SSSR count). The number of amides is 1. The van der Waals surface area contributed by atoms with Gasteiger partial charge in [-0.1, -0.05) is 71.4 Å². The predicted molar refractivity (Wildman–Crippen MR) is 115 cm³/mol. The second-order valence-corrected chi connectivity index (χ2v) is 7.81. The first kappa shape index (κ1) is 19.1. The van der Waals surface area contributed by atoms with Crippen LogP contribution < -0.4 is 10.6 Å². The van der Waals surface area contributed by atoms with Crippen molar-refractivity contribution in [3.63, 3.8) is 0 Å². The zero-order chi connectivity index (χ0) is 20.1. The number of nitrogens with two attached hydrogens (primary N) is 1. The Hall–Kier alpha value is -3.22. The molecule has 0 aliphatic heterocycles. The average Bonchev–Trinajstić information content (AvgIpc) is 3.42. The van der Waals surface area contributed by atoms with Crippen molar-refractivity contribution in [2.75, 3.05) is 11.9 Å². The van der Waals surface area contributed by atoms with Gasteiger partial charge in [0.2, 0.25) is 5.88 Å². The molecule has 0 fully saturated rings. The van der Waals surface area contributed by atoms with Gasteiger partial charge in [-0.15, -0.1) is 11.3 Å². The minimum absolute atomic E-state index is 0.0831. The van der Waals surface area contributed by atoms with Crippen LogP contribution in [-0.4, -0.2) is 17.6 Å². The van der Waals surface area contributed by atoms with Gasteiger partial charge in [-0.25, -0.2) is 0 Å². The van der Waals surface area contributed by atoms with E-state index in [0.717, 1.165) is 5.56 Å². The molecule has 2 heterocycles. The molecule has 6 heteroatoms. The van der Waals surface area contributed by atoms with E-state index in [1.165, 1.54) is 16.0 Å². The van der Waals surface area contributed by atoms with E-state index in [1.54, 1.807) is 17.4 Å². The van der Waals surface area contributed by atoms with Crippen LogP contribution in [0.15, 0.2) is 82.7 Å². The number of carbonyl (C=O) groups is 1. The summed E-state index contributed by atoms with van der Waals surface area (Å²) < 4.78 is 5.29. The second kappa shape index (κ2) is 8.86. The van der Waals surface area contributed by atoms with Crippen LogP contribution in [0.25, 0.3) is 11.3 Å². The minimum Gasteiger partial charge on any atom is -0.338 e. The maximum Gasteiger partial charge on any atom is 0.281 e. The van der Waals surface area contributed by atoms with Gasteiger partial charge < -0.3 is 9.84 Å². The van der Waals surface area contributed by atoms with E-state index in [-0.39, 0.29) is 18.5 Å². The summed E-state index contributed by atoms with van der Waals surface area (Å²) in [5.74, 6) is 0.223. The number of aryl methyl sites for hydroxylation is 1. The molecule has 146 valence electrons.